The molecule has 3 heterocycles. The van der Waals surface area contributed by atoms with Crippen LogP contribution in [0.25, 0.3) is 11.0 Å². The summed E-state index contributed by atoms with van der Waals surface area (Å²) in [5.74, 6) is 0. The fourth-order valence-corrected chi connectivity index (χ4v) is 4.44. The summed E-state index contributed by atoms with van der Waals surface area (Å²) in [6.45, 7) is 0.284. The third kappa shape index (κ3) is 2.31. The van der Waals surface area contributed by atoms with E-state index < -0.39 is 15.6 Å². The van der Waals surface area contributed by atoms with Crippen LogP contribution in [0.2, 0.25) is 5.02 Å². The maximum Gasteiger partial charge on any atom is 0.245 e. The van der Waals surface area contributed by atoms with E-state index in [1.54, 1.807) is 6.07 Å². The number of aliphatic hydroxyl groups is 1. The van der Waals surface area contributed by atoms with Crippen LogP contribution in [-0.4, -0.2) is 60.2 Å². The number of aromatic amines is 1. The van der Waals surface area contributed by atoms with Gasteiger partial charge in [-0.05, 0) is 12.5 Å². The van der Waals surface area contributed by atoms with Crippen LogP contribution in [-0.2, 0) is 14.8 Å². The van der Waals surface area contributed by atoms with Crippen molar-refractivity contribution in [1.82, 2.24) is 14.3 Å². The summed E-state index contributed by atoms with van der Waals surface area (Å²) in [6, 6.07) is 1.55. The van der Waals surface area contributed by atoms with Crippen LogP contribution < -0.4 is 0 Å². The average molecular weight is 346 g/mol. The number of aromatic nitrogens is 2. The fraction of sp³-hybridized carbons (Fsp3) is 0.462. The van der Waals surface area contributed by atoms with E-state index in [0.717, 1.165) is 0 Å². The van der Waals surface area contributed by atoms with Crippen LogP contribution in [0, 0.1) is 0 Å². The summed E-state index contributed by atoms with van der Waals surface area (Å²) in [7, 11) is -2.37. The third-order valence-electron chi connectivity index (χ3n) is 4.14. The SMILES string of the molecule is CN(C1(CO)CCOC1)S(=O)(=O)c1c[nH]c2ncc(Cl)cc12. The molecule has 0 amide bonds. The van der Waals surface area contributed by atoms with E-state index in [2.05, 4.69) is 9.97 Å². The van der Waals surface area contributed by atoms with Crippen LogP contribution in [0.3, 0.4) is 0 Å². The molecule has 3 rings (SSSR count). The van der Waals surface area contributed by atoms with Gasteiger partial charge in [0.15, 0.2) is 0 Å². The zero-order valence-electron chi connectivity index (χ0n) is 11.9. The molecule has 120 valence electrons. The van der Waals surface area contributed by atoms with Gasteiger partial charge in [-0.25, -0.2) is 13.4 Å². The molecule has 0 radical (unpaired) electrons. The number of hydrogen-bond acceptors (Lipinski definition) is 5. The van der Waals surface area contributed by atoms with Crippen molar-refractivity contribution in [2.24, 2.45) is 0 Å². The van der Waals surface area contributed by atoms with E-state index >= 15 is 0 Å². The molecule has 0 aliphatic carbocycles. The smallest absolute Gasteiger partial charge is 0.245 e. The topological polar surface area (TPSA) is 95.5 Å². The minimum Gasteiger partial charge on any atom is -0.394 e. The van der Waals surface area contributed by atoms with Gasteiger partial charge in [-0.2, -0.15) is 4.31 Å². The predicted molar refractivity (Wildman–Crippen MR) is 81.3 cm³/mol. The molecule has 2 aromatic rings. The average Bonchev–Trinajstić information content (AvgIpc) is 3.13. The van der Waals surface area contributed by atoms with Gasteiger partial charge in [0, 0.05) is 31.4 Å². The van der Waals surface area contributed by atoms with Gasteiger partial charge in [0.2, 0.25) is 10.0 Å². The van der Waals surface area contributed by atoms with Crippen molar-refractivity contribution >= 4 is 32.7 Å². The van der Waals surface area contributed by atoms with E-state index in [-0.39, 0.29) is 18.1 Å². The molecule has 2 aromatic heterocycles. The minimum atomic E-state index is -3.83. The Morgan fingerprint density at radius 1 is 1.59 bits per heavy atom. The van der Waals surface area contributed by atoms with Crippen LogP contribution in [0.15, 0.2) is 23.4 Å². The van der Waals surface area contributed by atoms with E-state index in [4.69, 9.17) is 16.3 Å². The number of H-pyrrole nitrogens is 1. The second kappa shape index (κ2) is 5.47. The fourth-order valence-electron chi connectivity index (χ4n) is 2.64. The second-order valence-electron chi connectivity index (χ2n) is 5.36. The highest BCUT2D eigenvalue weighted by Crippen LogP contribution is 2.33. The molecule has 1 aliphatic heterocycles. The molecule has 1 fully saturated rings. The summed E-state index contributed by atoms with van der Waals surface area (Å²) >= 11 is 5.91. The summed E-state index contributed by atoms with van der Waals surface area (Å²) in [5, 5.41) is 10.5. The number of nitrogens with one attached hydrogen (secondary N) is 1. The Morgan fingerprint density at radius 3 is 3.00 bits per heavy atom. The van der Waals surface area contributed by atoms with Crippen molar-refractivity contribution in [1.29, 1.82) is 0 Å². The molecule has 1 saturated heterocycles. The summed E-state index contributed by atoms with van der Waals surface area (Å²) in [5.41, 5.74) is -0.494. The van der Waals surface area contributed by atoms with Crippen molar-refractivity contribution < 1.29 is 18.3 Å². The standard InChI is InChI=1S/C13H16ClN3O4S/c1-17(13(7-18)2-3-21-8-13)22(19,20)11-6-16-12-10(11)4-9(14)5-15-12/h4-6,18H,2-3,7-8H2,1H3,(H,15,16). The number of halogens is 1. The molecular formula is C13H16ClN3O4S. The predicted octanol–water partition coefficient (Wildman–Crippen LogP) is 0.988. The highest BCUT2D eigenvalue weighted by atomic mass is 35.5. The Bertz CT molecular complexity index is 799. The number of nitrogens with zero attached hydrogens (tertiary/aromatic N) is 2. The maximum atomic E-state index is 12.9. The zero-order valence-corrected chi connectivity index (χ0v) is 13.5. The lowest BCUT2D eigenvalue weighted by molar-refractivity contribution is 0.0823. The van der Waals surface area contributed by atoms with Crippen LogP contribution in [0.1, 0.15) is 6.42 Å². The van der Waals surface area contributed by atoms with Crippen molar-refractivity contribution in [2.45, 2.75) is 16.9 Å². The van der Waals surface area contributed by atoms with Crippen LogP contribution >= 0.6 is 11.6 Å². The molecule has 0 saturated carbocycles. The highest BCUT2D eigenvalue weighted by Gasteiger charge is 2.45. The van der Waals surface area contributed by atoms with E-state index in [1.165, 1.54) is 23.7 Å². The quantitative estimate of drug-likeness (QED) is 0.861. The Kier molecular flexibility index (Phi) is 3.90. The lowest BCUT2D eigenvalue weighted by Gasteiger charge is -2.34. The zero-order chi connectivity index (χ0) is 16.0. The Morgan fingerprint density at radius 2 is 2.36 bits per heavy atom. The minimum absolute atomic E-state index is 0.0831. The molecule has 0 bridgehead atoms. The molecule has 0 aromatic carbocycles. The molecule has 1 atom stereocenters. The first-order valence-electron chi connectivity index (χ1n) is 6.71. The molecule has 1 aliphatic rings. The number of pyridine rings is 1. The van der Waals surface area contributed by atoms with Crippen molar-refractivity contribution in [3.8, 4) is 0 Å². The Hall–Kier alpha value is -1.19. The van der Waals surface area contributed by atoms with Crippen LogP contribution in [0.4, 0.5) is 0 Å². The Labute approximate surface area is 132 Å². The number of hydrogen-bond donors (Lipinski definition) is 2. The van der Waals surface area contributed by atoms with Gasteiger partial charge in [0.05, 0.1) is 23.8 Å². The number of ether oxygens (including phenoxy) is 1. The third-order valence-corrected chi connectivity index (χ3v) is 6.35. The number of likely N-dealkylation sites (N-methyl/N-ethyl adjacent to an activating group) is 1. The number of aliphatic hydroxyl groups excluding tert-OH is 1. The molecule has 2 N–H and O–H groups in total. The first-order chi connectivity index (χ1) is 10.4. The van der Waals surface area contributed by atoms with Gasteiger partial charge in [0.25, 0.3) is 0 Å². The van der Waals surface area contributed by atoms with E-state index in [9.17, 15) is 13.5 Å². The molecular weight excluding hydrogens is 330 g/mol. The Balaban J connectivity index is 2.10. The van der Waals surface area contributed by atoms with Gasteiger partial charge in [-0.15, -0.1) is 0 Å². The monoisotopic (exact) mass is 345 g/mol. The first-order valence-corrected chi connectivity index (χ1v) is 8.53. The summed E-state index contributed by atoms with van der Waals surface area (Å²) in [4.78, 5) is 6.98. The second-order valence-corrected chi connectivity index (χ2v) is 7.73. The van der Waals surface area contributed by atoms with E-state index in [1.807, 2.05) is 0 Å². The van der Waals surface area contributed by atoms with Gasteiger partial charge in [-0.1, -0.05) is 11.6 Å². The van der Waals surface area contributed by atoms with Crippen molar-refractivity contribution in [3.05, 3.63) is 23.5 Å². The summed E-state index contributed by atoms with van der Waals surface area (Å²) < 4.78 is 32.4. The lowest BCUT2D eigenvalue weighted by Crippen LogP contribution is -2.52. The highest BCUT2D eigenvalue weighted by molar-refractivity contribution is 7.89. The molecule has 0 spiro atoms. The van der Waals surface area contributed by atoms with Crippen molar-refractivity contribution in [3.63, 3.8) is 0 Å². The largest absolute Gasteiger partial charge is 0.394 e. The van der Waals surface area contributed by atoms with Gasteiger partial charge in [-0.3, -0.25) is 0 Å². The number of sulfonamides is 1. The van der Waals surface area contributed by atoms with Gasteiger partial charge < -0.3 is 14.8 Å². The maximum absolute atomic E-state index is 12.9. The van der Waals surface area contributed by atoms with Crippen molar-refractivity contribution in [2.75, 3.05) is 26.9 Å². The van der Waals surface area contributed by atoms with Crippen LogP contribution in [0.5, 0.6) is 0 Å². The molecule has 22 heavy (non-hydrogen) atoms. The number of fused-ring (bicyclic) bond motifs is 1. The molecule has 1 unspecified atom stereocenters. The normalized spacial score (nSPS) is 22.7. The summed E-state index contributed by atoms with van der Waals surface area (Å²) in [6.07, 6.45) is 3.28. The van der Waals surface area contributed by atoms with Gasteiger partial charge in [0.1, 0.15) is 10.5 Å². The first kappa shape index (κ1) is 15.7. The molecule has 7 nitrogen and oxygen atoms in total. The lowest BCUT2D eigenvalue weighted by atomic mass is 10.0. The van der Waals surface area contributed by atoms with E-state index in [0.29, 0.717) is 29.1 Å². The molecule has 9 heteroatoms. The number of rotatable bonds is 4. The van der Waals surface area contributed by atoms with Gasteiger partial charge >= 0.3 is 0 Å².